The summed E-state index contributed by atoms with van der Waals surface area (Å²) in [5.74, 6) is -1.68. The van der Waals surface area contributed by atoms with Gasteiger partial charge in [0.15, 0.2) is 0 Å². The molecule has 1 aromatic rings. The minimum Gasteiger partial charge on any atom is -0.469 e. The van der Waals surface area contributed by atoms with E-state index in [1.165, 1.54) is 31.2 Å². The van der Waals surface area contributed by atoms with E-state index in [0.29, 0.717) is 6.42 Å². The van der Waals surface area contributed by atoms with Gasteiger partial charge in [-0.25, -0.2) is 4.98 Å². The van der Waals surface area contributed by atoms with Crippen LogP contribution < -0.4 is 4.74 Å². The number of methoxy groups -OCH3 is 1. The van der Waals surface area contributed by atoms with Gasteiger partial charge >= 0.3 is 12.3 Å². The Hall–Kier alpha value is -2.32. The van der Waals surface area contributed by atoms with E-state index in [1.807, 2.05) is 0 Å². The number of halogens is 3. The van der Waals surface area contributed by atoms with Crippen LogP contribution in [0.15, 0.2) is 18.2 Å². The Morgan fingerprint density at radius 1 is 1.32 bits per heavy atom. The second-order valence-corrected chi connectivity index (χ2v) is 4.32. The van der Waals surface area contributed by atoms with Crippen LogP contribution in [0.1, 0.15) is 23.3 Å². The van der Waals surface area contributed by atoms with Crippen molar-refractivity contribution in [3.05, 3.63) is 23.9 Å². The summed E-state index contributed by atoms with van der Waals surface area (Å²) >= 11 is 0. The van der Waals surface area contributed by atoms with Gasteiger partial charge in [0.25, 0.3) is 5.91 Å². The molecule has 0 spiro atoms. The lowest BCUT2D eigenvalue weighted by Crippen LogP contribution is -2.29. The minimum absolute atomic E-state index is 0.138. The molecule has 0 saturated heterocycles. The van der Waals surface area contributed by atoms with Gasteiger partial charge in [-0.05, 0) is 12.5 Å². The number of ether oxygens (including phenoxy) is 2. The molecule has 6 nitrogen and oxygen atoms in total. The SMILES string of the molecule is COC(=O)CCCN(C)C(=O)c1cccc(OC(F)(F)F)n1. The van der Waals surface area contributed by atoms with E-state index < -0.39 is 24.1 Å². The first-order chi connectivity index (χ1) is 10.2. The molecule has 0 atom stereocenters. The van der Waals surface area contributed by atoms with E-state index in [-0.39, 0.29) is 18.7 Å². The number of amides is 1. The van der Waals surface area contributed by atoms with Crippen molar-refractivity contribution in [1.82, 2.24) is 9.88 Å². The number of carbonyl (C=O) groups excluding carboxylic acids is 2. The van der Waals surface area contributed by atoms with Crippen LogP contribution in [0.5, 0.6) is 5.88 Å². The number of nitrogens with zero attached hydrogens (tertiary/aromatic N) is 2. The fraction of sp³-hybridized carbons (Fsp3) is 0.462. The van der Waals surface area contributed by atoms with Gasteiger partial charge in [-0.15, -0.1) is 13.2 Å². The third-order valence-corrected chi connectivity index (χ3v) is 2.61. The molecule has 0 saturated carbocycles. The van der Waals surface area contributed by atoms with E-state index in [0.717, 1.165) is 6.07 Å². The summed E-state index contributed by atoms with van der Waals surface area (Å²) in [6, 6.07) is 3.52. The van der Waals surface area contributed by atoms with Gasteiger partial charge in [-0.2, -0.15) is 0 Å². The lowest BCUT2D eigenvalue weighted by Gasteiger charge is -2.16. The summed E-state index contributed by atoms with van der Waals surface area (Å²) in [4.78, 5) is 27.7. The molecular weight excluding hydrogens is 305 g/mol. The number of carbonyl (C=O) groups is 2. The van der Waals surface area contributed by atoms with Gasteiger partial charge < -0.3 is 14.4 Å². The van der Waals surface area contributed by atoms with Gasteiger partial charge in [0.05, 0.1) is 7.11 Å². The van der Waals surface area contributed by atoms with Crippen LogP contribution in [0, 0.1) is 0 Å². The highest BCUT2D eigenvalue weighted by atomic mass is 19.4. The lowest BCUT2D eigenvalue weighted by molar-refractivity contribution is -0.276. The first-order valence-corrected chi connectivity index (χ1v) is 6.28. The van der Waals surface area contributed by atoms with Gasteiger partial charge in [0, 0.05) is 26.1 Å². The zero-order valence-corrected chi connectivity index (χ0v) is 12.0. The second kappa shape index (κ2) is 7.62. The molecule has 0 N–H and O–H groups in total. The Bertz CT molecular complexity index is 534. The highest BCUT2D eigenvalue weighted by molar-refractivity contribution is 5.92. The van der Waals surface area contributed by atoms with Gasteiger partial charge in [0.2, 0.25) is 5.88 Å². The van der Waals surface area contributed by atoms with Crippen molar-refractivity contribution in [3.8, 4) is 5.88 Å². The average Bonchev–Trinajstić information content (AvgIpc) is 2.44. The summed E-state index contributed by atoms with van der Waals surface area (Å²) in [6.07, 6.45) is -4.37. The zero-order valence-electron chi connectivity index (χ0n) is 12.0. The van der Waals surface area contributed by atoms with E-state index in [1.54, 1.807) is 0 Å². The molecule has 0 fully saturated rings. The van der Waals surface area contributed by atoms with Crippen LogP contribution in [0.3, 0.4) is 0 Å². The van der Waals surface area contributed by atoms with Gasteiger partial charge in [-0.1, -0.05) is 6.07 Å². The predicted octanol–water partition coefficient (Wildman–Crippen LogP) is 2.01. The third kappa shape index (κ3) is 5.98. The molecule has 0 aromatic carbocycles. The number of pyridine rings is 1. The molecule has 1 aromatic heterocycles. The summed E-state index contributed by atoms with van der Waals surface area (Å²) in [6.45, 7) is 0.236. The van der Waals surface area contributed by atoms with E-state index in [4.69, 9.17) is 0 Å². The standard InChI is InChI=1S/C13H15F3N2O4/c1-18(8-4-7-11(19)21-2)12(20)9-5-3-6-10(17-9)22-13(14,15)16/h3,5-6H,4,7-8H2,1-2H3. The van der Waals surface area contributed by atoms with Crippen molar-refractivity contribution in [3.63, 3.8) is 0 Å². The summed E-state index contributed by atoms with van der Waals surface area (Å²) in [5.41, 5.74) is -0.178. The molecule has 0 bridgehead atoms. The van der Waals surface area contributed by atoms with E-state index >= 15 is 0 Å². The molecular formula is C13H15F3N2O4. The molecule has 1 amide bonds. The lowest BCUT2D eigenvalue weighted by atomic mass is 10.2. The fourth-order valence-electron chi connectivity index (χ4n) is 1.57. The summed E-state index contributed by atoms with van der Waals surface area (Å²) in [7, 11) is 2.71. The highest BCUT2D eigenvalue weighted by Crippen LogP contribution is 2.20. The summed E-state index contributed by atoms with van der Waals surface area (Å²) < 4.78 is 44.4. The third-order valence-electron chi connectivity index (χ3n) is 2.61. The largest absolute Gasteiger partial charge is 0.574 e. The van der Waals surface area contributed by atoms with Gasteiger partial charge in [-0.3, -0.25) is 9.59 Å². The number of esters is 1. The Balaban J connectivity index is 2.64. The van der Waals surface area contributed by atoms with Gasteiger partial charge in [0.1, 0.15) is 5.69 Å². The number of rotatable bonds is 6. The maximum absolute atomic E-state index is 12.1. The van der Waals surface area contributed by atoms with Crippen LogP contribution in [0.4, 0.5) is 13.2 Å². The number of hydrogen-bond acceptors (Lipinski definition) is 5. The number of alkyl halides is 3. The fourth-order valence-corrected chi connectivity index (χ4v) is 1.57. The smallest absolute Gasteiger partial charge is 0.469 e. The van der Waals surface area contributed by atoms with E-state index in [2.05, 4.69) is 14.5 Å². The normalized spacial score (nSPS) is 11.0. The topological polar surface area (TPSA) is 68.7 Å². The quantitative estimate of drug-likeness (QED) is 0.750. The van der Waals surface area contributed by atoms with Crippen LogP contribution in [0.25, 0.3) is 0 Å². The van der Waals surface area contributed by atoms with Crippen LogP contribution in [-0.2, 0) is 9.53 Å². The molecule has 0 aliphatic carbocycles. The maximum atomic E-state index is 12.1. The Morgan fingerprint density at radius 2 is 2.00 bits per heavy atom. The first-order valence-electron chi connectivity index (χ1n) is 6.28. The predicted molar refractivity (Wildman–Crippen MR) is 69.1 cm³/mol. The van der Waals surface area contributed by atoms with Crippen LogP contribution >= 0.6 is 0 Å². The van der Waals surface area contributed by atoms with Crippen molar-refractivity contribution in [2.45, 2.75) is 19.2 Å². The van der Waals surface area contributed by atoms with E-state index in [9.17, 15) is 22.8 Å². The number of aromatic nitrogens is 1. The molecule has 0 unspecified atom stereocenters. The molecule has 1 heterocycles. The first kappa shape index (κ1) is 17.7. The Morgan fingerprint density at radius 3 is 2.59 bits per heavy atom. The molecule has 22 heavy (non-hydrogen) atoms. The summed E-state index contributed by atoms with van der Waals surface area (Å²) in [5, 5.41) is 0. The Kier molecular flexibility index (Phi) is 6.14. The zero-order chi connectivity index (χ0) is 16.8. The minimum atomic E-state index is -4.87. The number of hydrogen-bond donors (Lipinski definition) is 0. The molecule has 122 valence electrons. The van der Waals surface area contributed by atoms with Crippen molar-refractivity contribution in [2.24, 2.45) is 0 Å². The van der Waals surface area contributed by atoms with Crippen LogP contribution in [-0.4, -0.2) is 48.8 Å². The average molecular weight is 320 g/mol. The Labute approximate surface area is 124 Å². The monoisotopic (exact) mass is 320 g/mol. The van der Waals surface area contributed by atoms with Crippen LogP contribution in [0.2, 0.25) is 0 Å². The molecule has 0 aliphatic heterocycles. The molecule has 0 aliphatic rings. The molecule has 1 rings (SSSR count). The van der Waals surface area contributed by atoms with Crippen molar-refractivity contribution in [1.29, 1.82) is 0 Å². The van der Waals surface area contributed by atoms with Crippen molar-refractivity contribution >= 4 is 11.9 Å². The second-order valence-electron chi connectivity index (χ2n) is 4.32. The van der Waals surface area contributed by atoms with Crippen molar-refractivity contribution in [2.75, 3.05) is 20.7 Å². The highest BCUT2D eigenvalue weighted by Gasteiger charge is 2.32. The molecule has 0 radical (unpaired) electrons. The van der Waals surface area contributed by atoms with Crippen molar-refractivity contribution < 1.29 is 32.2 Å². The maximum Gasteiger partial charge on any atom is 0.574 e. The molecule has 9 heteroatoms.